The molecule has 5 heteroatoms. The molecule has 0 saturated carbocycles. The van der Waals surface area contributed by atoms with Gasteiger partial charge in [-0.05, 0) is 57.0 Å². The third kappa shape index (κ3) is 3.72. The number of likely N-dealkylation sites (tertiary alicyclic amines) is 1. The van der Waals surface area contributed by atoms with Crippen LogP contribution in [-0.2, 0) is 9.59 Å². The van der Waals surface area contributed by atoms with Crippen LogP contribution in [0.1, 0.15) is 45.4 Å². The van der Waals surface area contributed by atoms with Gasteiger partial charge in [-0.1, -0.05) is 6.92 Å². The van der Waals surface area contributed by atoms with Crippen LogP contribution in [0.5, 0.6) is 0 Å². The summed E-state index contributed by atoms with van der Waals surface area (Å²) in [5.74, 6) is 0.116. The number of carbonyl (C=O) groups is 2. The van der Waals surface area contributed by atoms with Crippen molar-refractivity contribution in [3.05, 3.63) is 0 Å². The lowest BCUT2D eigenvalue weighted by molar-refractivity contribution is -0.152. The molecule has 2 unspecified atom stereocenters. The highest BCUT2D eigenvalue weighted by Crippen LogP contribution is 2.26. The average molecular weight is 282 g/mol. The largest absolute Gasteiger partial charge is 0.480 e. The van der Waals surface area contributed by atoms with Crippen LogP contribution in [0.25, 0.3) is 0 Å². The first-order valence-corrected chi connectivity index (χ1v) is 7.82. The van der Waals surface area contributed by atoms with Crippen LogP contribution in [0.15, 0.2) is 0 Å². The molecule has 5 nitrogen and oxygen atoms in total. The van der Waals surface area contributed by atoms with E-state index in [4.69, 9.17) is 0 Å². The van der Waals surface area contributed by atoms with E-state index >= 15 is 0 Å². The zero-order chi connectivity index (χ0) is 14.5. The topological polar surface area (TPSA) is 69.6 Å². The fourth-order valence-electron chi connectivity index (χ4n) is 3.46. The lowest BCUT2D eigenvalue weighted by atomic mass is 9.83. The van der Waals surface area contributed by atoms with Gasteiger partial charge >= 0.3 is 5.97 Å². The Kier molecular flexibility index (Phi) is 5.40. The van der Waals surface area contributed by atoms with Crippen molar-refractivity contribution >= 4 is 11.9 Å². The minimum Gasteiger partial charge on any atom is -0.480 e. The molecule has 2 fully saturated rings. The van der Waals surface area contributed by atoms with Crippen LogP contribution in [0.3, 0.4) is 0 Å². The van der Waals surface area contributed by atoms with Crippen molar-refractivity contribution in [2.45, 2.75) is 51.5 Å². The van der Waals surface area contributed by atoms with Gasteiger partial charge in [0.25, 0.3) is 0 Å². The van der Waals surface area contributed by atoms with E-state index in [0.29, 0.717) is 31.2 Å². The maximum Gasteiger partial charge on any atom is 0.326 e. The molecule has 2 heterocycles. The third-order valence-electron chi connectivity index (χ3n) is 4.79. The van der Waals surface area contributed by atoms with Crippen LogP contribution < -0.4 is 5.32 Å². The first-order valence-electron chi connectivity index (χ1n) is 7.82. The van der Waals surface area contributed by atoms with Gasteiger partial charge in [0.2, 0.25) is 5.91 Å². The van der Waals surface area contributed by atoms with Crippen molar-refractivity contribution in [3.63, 3.8) is 0 Å². The average Bonchev–Trinajstić information content (AvgIpc) is 2.48. The summed E-state index contributed by atoms with van der Waals surface area (Å²) in [5, 5.41) is 12.6. The molecule has 0 bridgehead atoms. The van der Waals surface area contributed by atoms with Gasteiger partial charge in [0.1, 0.15) is 6.04 Å². The molecule has 2 N–H and O–H groups in total. The Morgan fingerprint density at radius 1 is 1.25 bits per heavy atom. The number of hydrogen-bond acceptors (Lipinski definition) is 3. The molecular weight excluding hydrogens is 256 g/mol. The van der Waals surface area contributed by atoms with Crippen molar-refractivity contribution in [3.8, 4) is 0 Å². The zero-order valence-corrected chi connectivity index (χ0v) is 12.3. The summed E-state index contributed by atoms with van der Waals surface area (Å²) >= 11 is 0. The molecule has 114 valence electrons. The molecule has 0 aromatic heterocycles. The molecule has 0 aromatic carbocycles. The van der Waals surface area contributed by atoms with E-state index in [-0.39, 0.29) is 5.91 Å². The van der Waals surface area contributed by atoms with Crippen LogP contribution >= 0.6 is 0 Å². The number of carboxylic acid groups (broad SMARTS) is 1. The highest BCUT2D eigenvalue weighted by Gasteiger charge is 2.33. The minimum absolute atomic E-state index is 0.0307. The van der Waals surface area contributed by atoms with E-state index in [0.717, 1.165) is 38.8 Å². The Labute approximate surface area is 120 Å². The second-order valence-electron chi connectivity index (χ2n) is 6.21. The summed E-state index contributed by atoms with van der Waals surface area (Å²) in [6.45, 7) is 4.80. The van der Waals surface area contributed by atoms with Gasteiger partial charge in [0, 0.05) is 13.0 Å². The highest BCUT2D eigenvalue weighted by molar-refractivity contribution is 5.84. The van der Waals surface area contributed by atoms with Crippen LogP contribution in [0.2, 0.25) is 0 Å². The van der Waals surface area contributed by atoms with Crippen LogP contribution in [0, 0.1) is 11.8 Å². The molecule has 2 saturated heterocycles. The number of rotatable bonds is 4. The molecule has 2 aliphatic heterocycles. The van der Waals surface area contributed by atoms with Gasteiger partial charge in [0.15, 0.2) is 0 Å². The smallest absolute Gasteiger partial charge is 0.326 e. The first kappa shape index (κ1) is 15.3. The van der Waals surface area contributed by atoms with Gasteiger partial charge in [-0.15, -0.1) is 0 Å². The molecule has 2 aliphatic rings. The lowest BCUT2D eigenvalue weighted by Crippen LogP contribution is -2.48. The van der Waals surface area contributed by atoms with Crippen molar-refractivity contribution < 1.29 is 14.7 Å². The standard InChI is InChI=1S/C15H26N2O3/c1-11(12-5-7-16-8-6-12)10-14(18)17-9-3-2-4-13(17)15(19)20/h11-13,16H,2-10H2,1H3,(H,19,20). The summed E-state index contributed by atoms with van der Waals surface area (Å²) in [6.07, 6.45) is 5.17. The summed E-state index contributed by atoms with van der Waals surface area (Å²) in [4.78, 5) is 25.3. The monoisotopic (exact) mass is 282 g/mol. The summed E-state index contributed by atoms with van der Waals surface area (Å²) in [5.41, 5.74) is 0. The van der Waals surface area contributed by atoms with E-state index < -0.39 is 12.0 Å². The SMILES string of the molecule is CC(CC(=O)N1CCCCC1C(=O)O)C1CCNCC1. The minimum atomic E-state index is -0.854. The van der Waals surface area contributed by atoms with Crippen LogP contribution in [-0.4, -0.2) is 47.6 Å². The molecule has 0 aliphatic carbocycles. The number of aliphatic carboxylic acids is 1. The predicted molar refractivity (Wildman–Crippen MR) is 76.4 cm³/mol. The molecule has 0 radical (unpaired) electrons. The van der Waals surface area contributed by atoms with Gasteiger partial charge < -0.3 is 15.3 Å². The molecule has 2 rings (SSSR count). The maximum absolute atomic E-state index is 12.4. The number of piperidine rings is 2. The van der Waals surface area contributed by atoms with Crippen molar-refractivity contribution in [2.75, 3.05) is 19.6 Å². The van der Waals surface area contributed by atoms with E-state index in [1.54, 1.807) is 4.90 Å². The first-order chi connectivity index (χ1) is 9.59. The number of carboxylic acids is 1. The second-order valence-corrected chi connectivity index (χ2v) is 6.21. The van der Waals surface area contributed by atoms with Gasteiger partial charge in [0.05, 0.1) is 0 Å². The molecule has 0 aromatic rings. The second kappa shape index (κ2) is 7.07. The fourth-order valence-corrected chi connectivity index (χ4v) is 3.46. The van der Waals surface area contributed by atoms with Crippen LogP contribution in [0.4, 0.5) is 0 Å². The van der Waals surface area contributed by atoms with Crippen molar-refractivity contribution in [1.29, 1.82) is 0 Å². The van der Waals surface area contributed by atoms with Crippen molar-refractivity contribution in [1.82, 2.24) is 10.2 Å². The summed E-state index contributed by atoms with van der Waals surface area (Å²) < 4.78 is 0. The molecule has 2 atom stereocenters. The summed E-state index contributed by atoms with van der Waals surface area (Å²) in [6, 6.07) is -0.600. The van der Waals surface area contributed by atoms with Gasteiger partial charge in [-0.2, -0.15) is 0 Å². The molecule has 20 heavy (non-hydrogen) atoms. The normalized spacial score (nSPS) is 26.2. The number of nitrogens with one attached hydrogen (secondary N) is 1. The fraction of sp³-hybridized carbons (Fsp3) is 0.867. The predicted octanol–water partition coefficient (Wildman–Crippen LogP) is 1.48. The number of hydrogen-bond donors (Lipinski definition) is 2. The van der Waals surface area contributed by atoms with E-state index in [1.807, 2.05) is 0 Å². The van der Waals surface area contributed by atoms with E-state index in [2.05, 4.69) is 12.2 Å². The van der Waals surface area contributed by atoms with E-state index in [9.17, 15) is 14.7 Å². The van der Waals surface area contributed by atoms with Crippen molar-refractivity contribution in [2.24, 2.45) is 11.8 Å². The molecule has 0 spiro atoms. The number of carbonyl (C=O) groups excluding carboxylic acids is 1. The van der Waals surface area contributed by atoms with Gasteiger partial charge in [-0.3, -0.25) is 4.79 Å². The quantitative estimate of drug-likeness (QED) is 0.819. The Morgan fingerprint density at radius 2 is 1.95 bits per heavy atom. The Hall–Kier alpha value is -1.10. The Morgan fingerprint density at radius 3 is 2.60 bits per heavy atom. The highest BCUT2D eigenvalue weighted by atomic mass is 16.4. The Balaban J connectivity index is 1.90. The third-order valence-corrected chi connectivity index (χ3v) is 4.79. The van der Waals surface area contributed by atoms with E-state index in [1.165, 1.54) is 0 Å². The number of amides is 1. The maximum atomic E-state index is 12.4. The van der Waals surface area contributed by atoms with Gasteiger partial charge in [-0.25, -0.2) is 4.79 Å². The summed E-state index contributed by atoms with van der Waals surface area (Å²) in [7, 11) is 0. The lowest BCUT2D eigenvalue weighted by Gasteiger charge is -2.35. The molecule has 1 amide bonds. The number of nitrogens with zero attached hydrogens (tertiary/aromatic N) is 1. The molecular formula is C15H26N2O3. The Bertz CT molecular complexity index is 353. The zero-order valence-electron chi connectivity index (χ0n) is 12.3.